The van der Waals surface area contributed by atoms with Crippen LogP contribution in [0.5, 0.6) is 0 Å². The van der Waals surface area contributed by atoms with Gasteiger partial charge in [0.1, 0.15) is 10.6 Å². The van der Waals surface area contributed by atoms with Gasteiger partial charge >= 0.3 is 0 Å². The largest absolute Gasteiger partial charge is 0.356 e. The maximum Gasteiger partial charge on any atom is 0.267 e. The van der Waals surface area contributed by atoms with Crippen LogP contribution >= 0.6 is 10.7 Å². The predicted molar refractivity (Wildman–Crippen MR) is 74.9 cm³/mol. The van der Waals surface area contributed by atoms with Gasteiger partial charge in [-0.2, -0.15) is 0 Å². The Balaban J connectivity index is 2.40. The number of carbonyl (C=O) groups excluding carboxylic acids is 1. The van der Waals surface area contributed by atoms with Gasteiger partial charge in [0.25, 0.3) is 15.0 Å². The van der Waals surface area contributed by atoms with E-state index in [4.69, 9.17) is 10.7 Å². The Kier molecular flexibility index (Phi) is 5.87. The predicted octanol–water partition coefficient (Wildman–Crippen LogP) is 2.50. The monoisotopic (exact) mass is 306 g/mol. The second-order valence-corrected chi connectivity index (χ2v) is 7.40. The molecule has 0 aliphatic carbocycles. The van der Waals surface area contributed by atoms with Crippen LogP contribution in [0.25, 0.3) is 0 Å². The summed E-state index contributed by atoms with van der Waals surface area (Å²) in [6, 6.07) is 1.23. The first kappa shape index (κ1) is 16.0. The molecule has 0 atom stereocenters. The summed E-state index contributed by atoms with van der Waals surface area (Å²) in [6.07, 6.45) is 4.30. The third kappa shape index (κ3) is 5.65. The molecule has 0 saturated carbocycles. The third-order valence-electron chi connectivity index (χ3n) is 2.68. The highest BCUT2D eigenvalue weighted by atomic mass is 35.7. The van der Waals surface area contributed by atoms with Crippen LogP contribution in [-0.4, -0.2) is 25.9 Å². The number of nitrogens with one attached hydrogen (secondary N) is 2. The minimum Gasteiger partial charge on any atom is -0.356 e. The Morgan fingerprint density at radius 1 is 1.42 bits per heavy atom. The van der Waals surface area contributed by atoms with Crippen molar-refractivity contribution in [2.45, 2.75) is 38.0 Å². The van der Waals surface area contributed by atoms with E-state index >= 15 is 0 Å². The molecule has 0 bridgehead atoms. The van der Waals surface area contributed by atoms with Crippen molar-refractivity contribution in [3.8, 4) is 0 Å². The highest BCUT2D eigenvalue weighted by Gasteiger charge is 2.15. The number of H-pyrrole nitrogens is 1. The summed E-state index contributed by atoms with van der Waals surface area (Å²) in [5.41, 5.74) is 0.197. The van der Waals surface area contributed by atoms with Crippen LogP contribution in [0.2, 0.25) is 0 Å². The van der Waals surface area contributed by atoms with Gasteiger partial charge in [-0.15, -0.1) is 0 Å². The van der Waals surface area contributed by atoms with E-state index in [0.29, 0.717) is 12.5 Å². The van der Waals surface area contributed by atoms with E-state index in [0.717, 1.165) is 19.3 Å². The van der Waals surface area contributed by atoms with Crippen molar-refractivity contribution in [1.29, 1.82) is 0 Å². The average molecular weight is 307 g/mol. The fraction of sp³-hybridized carbons (Fsp3) is 0.583. The van der Waals surface area contributed by atoms with Gasteiger partial charge in [0.15, 0.2) is 0 Å². The SMILES string of the molecule is CC(C)CCCCNC(=O)c1cc(S(=O)(=O)Cl)c[nH]1. The molecule has 1 amide bonds. The lowest BCUT2D eigenvalue weighted by Gasteiger charge is -2.05. The van der Waals surface area contributed by atoms with Crippen LogP contribution in [-0.2, 0) is 9.05 Å². The van der Waals surface area contributed by atoms with Gasteiger partial charge in [-0.05, 0) is 18.4 Å². The molecular formula is C12H19ClN2O3S. The zero-order valence-corrected chi connectivity index (χ0v) is 12.6. The summed E-state index contributed by atoms with van der Waals surface area (Å²) < 4.78 is 22.1. The summed E-state index contributed by atoms with van der Waals surface area (Å²) in [5.74, 6) is 0.340. The molecule has 0 spiro atoms. The molecular weight excluding hydrogens is 288 g/mol. The number of halogens is 1. The van der Waals surface area contributed by atoms with Crippen LogP contribution in [0.3, 0.4) is 0 Å². The van der Waals surface area contributed by atoms with E-state index in [9.17, 15) is 13.2 Å². The summed E-state index contributed by atoms with van der Waals surface area (Å²) in [5, 5.41) is 2.73. The second-order valence-electron chi connectivity index (χ2n) is 4.83. The zero-order valence-electron chi connectivity index (χ0n) is 11.1. The van der Waals surface area contributed by atoms with E-state index in [1.165, 1.54) is 12.3 Å². The molecule has 0 radical (unpaired) electrons. The lowest BCUT2D eigenvalue weighted by Crippen LogP contribution is -2.24. The summed E-state index contributed by atoms with van der Waals surface area (Å²) in [6.45, 7) is 4.89. The van der Waals surface area contributed by atoms with E-state index in [1.54, 1.807) is 0 Å². The highest BCUT2D eigenvalue weighted by molar-refractivity contribution is 8.13. The van der Waals surface area contributed by atoms with Gasteiger partial charge < -0.3 is 10.3 Å². The lowest BCUT2D eigenvalue weighted by molar-refractivity contribution is 0.0948. The maximum atomic E-state index is 11.7. The number of aromatic amines is 1. The van der Waals surface area contributed by atoms with Crippen molar-refractivity contribution in [3.05, 3.63) is 18.0 Å². The first-order chi connectivity index (χ1) is 8.80. The van der Waals surface area contributed by atoms with Gasteiger partial charge in [0.05, 0.1) is 0 Å². The first-order valence-electron chi connectivity index (χ1n) is 6.22. The first-order valence-corrected chi connectivity index (χ1v) is 8.53. The van der Waals surface area contributed by atoms with Gasteiger partial charge in [0, 0.05) is 23.4 Å². The van der Waals surface area contributed by atoms with Crippen LogP contribution in [0, 0.1) is 5.92 Å². The maximum absolute atomic E-state index is 11.7. The molecule has 0 aromatic carbocycles. The number of hydrogen-bond donors (Lipinski definition) is 2. The fourth-order valence-corrected chi connectivity index (χ4v) is 2.35. The molecule has 5 nitrogen and oxygen atoms in total. The molecule has 2 N–H and O–H groups in total. The summed E-state index contributed by atoms with van der Waals surface area (Å²) in [4.78, 5) is 14.2. The molecule has 1 aromatic rings. The molecule has 1 rings (SSSR count). The Morgan fingerprint density at radius 3 is 2.63 bits per heavy atom. The summed E-state index contributed by atoms with van der Waals surface area (Å²) in [7, 11) is 1.38. The molecule has 0 aliphatic rings. The fourth-order valence-electron chi connectivity index (χ4n) is 1.62. The zero-order chi connectivity index (χ0) is 14.5. The van der Waals surface area contributed by atoms with Crippen molar-refractivity contribution < 1.29 is 13.2 Å². The van der Waals surface area contributed by atoms with Gasteiger partial charge in [-0.3, -0.25) is 4.79 Å². The van der Waals surface area contributed by atoms with Gasteiger partial charge in [-0.25, -0.2) is 8.42 Å². The number of unbranched alkanes of at least 4 members (excludes halogenated alkanes) is 1. The number of carbonyl (C=O) groups is 1. The molecule has 0 fully saturated rings. The van der Waals surface area contributed by atoms with Crippen molar-refractivity contribution in [2.75, 3.05) is 6.54 Å². The van der Waals surface area contributed by atoms with E-state index < -0.39 is 9.05 Å². The van der Waals surface area contributed by atoms with Crippen molar-refractivity contribution in [2.24, 2.45) is 5.92 Å². The van der Waals surface area contributed by atoms with Crippen LogP contribution in [0.15, 0.2) is 17.2 Å². The molecule has 7 heteroatoms. The third-order valence-corrected chi connectivity index (χ3v) is 4.01. The standard InChI is InChI=1S/C12H19ClN2O3S/c1-9(2)5-3-4-6-14-12(16)11-7-10(8-15-11)19(13,17)18/h7-9,15H,3-6H2,1-2H3,(H,14,16). The molecule has 1 heterocycles. The smallest absolute Gasteiger partial charge is 0.267 e. The Labute approximate surface area is 118 Å². The van der Waals surface area contributed by atoms with Crippen molar-refractivity contribution in [3.63, 3.8) is 0 Å². The van der Waals surface area contributed by atoms with E-state index in [1.807, 2.05) is 0 Å². The Bertz CT molecular complexity index is 523. The summed E-state index contributed by atoms with van der Waals surface area (Å²) >= 11 is 0. The minimum absolute atomic E-state index is 0.0980. The normalized spacial score (nSPS) is 11.8. The average Bonchev–Trinajstić information content (AvgIpc) is 2.76. The molecule has 1 aromatic heterocycles. The van der Waals surface area contributed by atoms with E-state index in [-0.39, 0.29) is 16.5 Å². The Hall–Kier alpha value is -1.01. The number of rotatable bonds is 7. The highest BCUT2D eigenvalue weighted by Crippen LogP contribution is 2.15. The lowest BCUT2D eigenvalue weighted by atomic mass is 10.1. The molecule has 0 aliphatic heterocycles. The topological polar surface area (TPSA) is 79.0 Å². The molecule has 108 valence electrons. The molecule has 19 heavy (non-hydrogen) atoms. The van der Waals surface area contributed by atoms with Crippen LogP contribution in [0.1, 0.15) is 43.6 Å². The number of aromatic nitrogens is 1. The van der Waals surface area contributed by atoms with E-state index in [2.05, 4.69) is 24.1 Å². The van der Waals surface area contributed by atoms with Crippen LogP contribution in [0.4, 0.5) is 0 Å². The van der Waals surface area contributed by atoms with Gasteiger partial charge in [-0.1, -0.05) is 26.7 Å². The number of amides is 1. The van der Waals surface area contributed by atoms with Gasteiger partial charge in [0.2, 0.25) is 0 Å². The molecule has 0 saturated heterocycles. The van der Waals surface area contributed by atoms with Crippen molar-refractivity contribution in [1.82, 2.24) is 10.3 Å². The Morgan fingerprint density at radius 2 is 2.11 bits per heavy atom. The minimum atomic E-state index is -3.79. The number of hydrogen-bond acceptors (Lipinski definition) is 3. The molecule has 0 unspecified atom stereocenters. The second kappa shape index (κ2) is 6.96. The quantitative estimate of drug-likeness (QED) is 0.600. The van der Waals surface area contributed by atoms with Crippen molar-refractivity contribution >= 4 is 25.6 Å². The van der Waals surface area contributed by atoms with Crippen LogP contribution < -0.4 is 5.32 Å².